The number of fused-ring (bicyclic) bond motifs is 2. The van der Waals surface area contributed by atoms with Crippen LogP contribution in [-0.4, -0.2) is 159 Å². The summed E-state index contributed by atoms with van der Waals surface area (Å²) in [6.45, 7) is 10.8. The fourth-order valence-corrected chi connectivity index (χ4v) is 13.1. The number of aryl methyl sites for hydroxylation is 1. The van der Waals surface area contributed by atoms with Gasteiger partial charge in [-0.25, -0.2) is 9.37 Å². The van der Waals surface area contributed by atoms with Gasteiger partial charge in [0.1, 0.15) is 23.7 Å². The number of nitrogens with zero attached hydrogens (tertiary/aromatic N) is 11. The van der Waals surface area contributed by atoms with Crippen LogP contribution in [0.4, 0.5) is 38.9 Å². The van der Waals surface area contributed by atoms with E-state index >= 15 is 4.39 Å². The summed E-state index contributed by atoms with van der Waals surface area (Å²) in [4.78, 5) is 79.5. The van der Waals surface area contributed by atoms with E-state index in [1.165, 1.54) is 13.3 Å². The number of carbonyl (C=O) groups excluding carboxylic acids is 4. The fourth-order valence-electron chi connectivity index (χ4n) is 11.6. The SMILES string of the molecule is COc1c(Nc2ncc(Cl)c(Nc3ccc4nccnc4c3P(C)(C)=O)n2)cc(-c2cnn(C)c2)c(N2CCN(C3CCN(CC4CCN(c5ccc6c(c5)C(=O)N(C5CCC(=O)NC5=O)C6=O)CC4)CC3)CC2)c1F. The fraction of sp³-hybridized carbons (Fsp3) is 0.415. The lowest BCUT2D eigenvalue weighted by molar-refractivity contribution is -0.136. The van der Waals surface area contributed by atoms with Crippen LogP contribution in [0.25, 0.3) is 22.2 Å². The van der Waals surface area contributed by atoms with Gasteiger partial charge in [-0.2, -0.15) is 10.1 Å². The van der Waals surface area contributed by atoms with E-state index in [0.717, 1.165) is 87.6 Å². The van der Waals surface area contributed by atoms with Crippen molar-refractivity contribution in [3.63, 3.8) is 0 Å². The molecule has 4 saturated heterocycles. The third-order valence-electron chi connectivity index (χ3n) is 15.4. The Morgan fingerprint density at radius 1 is 0.816 bits per heavy atom. The number of imide groups is 2. The van der Waals surface area contributed by atoms with Gasteiger partial charge in [0.2, 0.25) is 17.8 Å². The summed E-state index contributed by atoms with van der Waals surface area (Å²) in [5.41, 5.74) is 5.21. The molecule has 1 unspecified atom stereocenters. The predicted molar refractivity (Wildman–Crippen MR) is 289 cm³/mol. The van der Waals surface area contributed by atoms with Gasteiger partial charge in [0.05, 0.1) is 58.5 Å². The first-order valence-corrected chi connectivity index (χ1v) is 28.7. The molecular formula is C53H59ClFN14O6P. The van der Waals surface area contributed by atoms with Crippen molar-refractivity contribution in [1.29, 1.82) is 0 Å². The van der Waals surface area contributed by atoms with Crippen molar-refractivity contribution < 1.29 is 32.9 Å². The van der Waals surface area contributed by atoms with Crippen molar-refractivity contribution in [3.8, 4) is 16.9 Å². The van der Waals surface area contributed by atoms with Crippen LogP contribution < -0.4 is 35.8 Å². The number of benzene rings is 3. The first-order valence-electron chi connectivity index (χ1n) is 25.7. The summed E-state index contributed by atoms with van der Waals surface area (Å²) in [7, 11) is 0.371. The van der Waals surface area contributed by atoms with E-state index in [0.29, 0.717) is 69.6 Å². The summed E-state index contributed by atoms with van der Waals surface area (Å²) in [6, 6.07) is 10.2. The van der Waals surface area contributed by atoms with Crippen molar-refractivity contribution in [2.75, 3.05) is 99.8 Å². The minimum absolute atomic E-state index is 0.00182. The van der Waals surface area contributed by atoms with Crippen LogP contribution in [0.5, 0.6) is 5.75 Å². The maximum atomic E-state index is 17.2. The molecule has 5 aliphatic heterocycles. The zero-order valence-electron chi connectivity index (χ0n) is 42.8. The molecule has 4 fully saturated rings. The number of methoxy groups -OCH3 is 1. The van der Waals surface area contributed by atoms with Crippen molar-refractivity contribution >= 4 is 93.2 Å². The number of likely N-dealkylation sites (tertiary alicyclic amines) is 1. The van der Waals surface area contributed by atoms with Crippen molar-refractivity contribution in [1.82, 2.24) is 49.7 Å². The van der Waals surface area contributed by atoms with Crippen LogP contribution in [0.2, 0.25) is 5.02 Å². The Morgan fingerprint density at radius 2 is 1.57 bits per heavy atom. The third kappa shape index (κ3) is 9.96. The molecule has 0 radical (unpaired) electrons. The lowest BCUT2D eigenvalue weighted by atomic mass is 9.93. The molecule has 76 heavy (non-hydrogen) atoms. The number of piperazine rings is 1. The zero-order valence-corrected chi connectivity index (χ0v) is 44.4. The number of carbonyl (C=O) groups is 4. The molecule has 11 rings (SSSR count). The second kappa shape index (κ2) is 20.8. The highest BCUT2D eigenvalue weighted by molar-refractivity contribution is 7.71. The van der Waals surface area contributed by atoms with Crippen LogP contribution in [-0.2, 0) is 21.2 Å². The standard InChI is InChI=1S/C53H59ClFN14O6P/c1-64-30-32(27-59-64)36-26-41(61-53-58-28-38(54)49(63-53)60-40-8-7-39-45(57-16-15-56-39)48(40)76(3,4)74)47(75-2)44(55)46(36)68-23-21-67(22-24-68)33-13-17-65(18-14-33)29-31-11-19-66(20-12-31)34-5-6-35-37(25-34)52(73)69(51(35)72)42-9-10-43(70)62-50(42)71/h5-8,15-16,25-28,30-31,33,42H,9-14,17-24,29H2,1-4H3,(H,62,70,71)(H2,58,60,61,63). The molecule has 3 aromatic carbocycles. The first kappa shape index (κ1) is 51.1. The van der Waals surface area contributed by atoms with E-state index in [-0.39, 0.29) is 40.9 Å². The normalized spacial score (nSPS) is 19.4. The van der Waals surface area contributed by atoms with Crippen molar-refractivity contribution in [2.24, 2.45) is 13.0 Å². The molecule has 1 atom stereocenters. The van der Waals surface area contributed by atoms with Gasteiger partial charge < -0.3 is 34.6 Å². The quantitative estimate of drug-likeness (QED) is 0.0859. The van der Waals surface area contributed by atoms with Crippen LogP contribution in [0.15, 0.2) is 67.4 Å². The van der Waals surface area contributed by atoms with Gasteiger partial charge in [-0.3, -0.25) is 48.9 Å². The van der Waals surface area contributed by atoms with Crippen LogP contribution in [0, 0.1) is 11.7 Å². The Hall–Kier alpha value is -7.06. The number of anilines is 6. The second-order valence-corrected chi connectivity index (χ2v) is 24.2. The number of rotatable bonds is 13. The minimum Gasteiger partial charge on any atom is -0.492 e. The summed E-state index contributed by atoms with van der Waals surface area (Å²) < 4.78 is 38.3. The molecule has 3 N–H and O–H groups in total. The lowest BCUT2D eigenvalue weighted by Crippen LogP contribution is -2.54. The highest BCUT2D eigenvalue weighted by Crippen LogP contribution is 2.45. The molecule has 396 valence electrons. The number of nitrogens with one attached hydrogen (secondary N) is 3. The Bertz CT molecular complexity index is 3330. The van der Waals surface area contributed by atoms with Crippen LogP contribution in [0.3, 0.4) is 0 Å². The van der Waals surface area contributed by atoms with E-state index in [1.54, 1.807) is 60.9 Å². The first-order chi connectivity index (χ1) is 36.6. The van der Waals surface area contributed by atoms with Gasteiger partial charge in [0.25, 0.3) is 11.8 Å². The number of amides is 4. The molecule has 0 aliphatic carbocycles. The Labute approximate surface area is 443 Å². The molecule has 0 saturated carbocycles. The summed E-state index contributed by atoms with van der Waals surface area (Å²) in [5.74, 6) is -1.63. The molecule has 23 heteroatoms. The summed E-state index contributed by atoms with van der Waals surface area (Å²) >= 11 is 6.65. The van der Waals surface area contributed by atoms with E-state index < -0.39 is 42.6 Å². The van der Waals surface area contributed by atoms with Gasteiger partial charge >= 0.3 is 0 Å². The average molecular weight is 1070 g/mol. The largest absolute Gasteiger partial charge is 0.492 e. The molecule has 20 nitrogen and oxygen atoms in total. The number of halogens is 2. The third-order valence-corrected chi connectivity index (χ3v) is 17.2. The molecule has 0 spiro atoms. The molecule has 4 amide bonds. The topological polar surface area (TPSA) is 216 Å². The van der Waals surface area contributed by atoms with E-state index in [1.807, 2.05) is 25.4 Å². The predicted octanol–water partition coefficient (Wildman–Crippen LogP) is 6.26. The second-order valence-electron chi connectivity index (χ2n) is 20.6. The monoisotopic (exact) mass is 1070 g/mol. The number of hydrogen-bond acceptors (Lipinski definition) is 17. The van der Waals surface area contributed by atoms with E-state index in [9.17, 15) is 23.7 Å². The Morgan fingerprint density at radius 3 is 2.28 bits per heavy atom. The van der Waals surface area contributed by atoms with Crippen molar-refractivity contribution in [2.45, 2.75) is 50.6 Å². The van der Waals surface area contributed by atoms with Crippen LogP contribution >= 0.6 is 18.7 Å². The average Bonchev–Trinajstić information content (AvgIpc) is 3.96. The zero-order chi connectivity index (χ0) is 53.0. The minimum atomic E-state index is -2.89. The number of hydrogen-bond donors (Lipinski definition) is 3. The lowest BCUT2D eigenvalue weighted by Gasteiger charge is -2.44. The van der Waals surface area contributed by atoms with Gasteiger partial charge in [0.15, 0.2) is 17.4 Å². The number of ether oxygens (including phenoxy) is 1. The summed E-state index contributed by atoms with van der Waals surface area (Å²) in [5, 5.41) is 13.8. The Kier molecular flexibility index (Phi) is 14.0. The highest BCUT2D eigenvalue weighted by Gasteiger charge is 2.45. The molecule has 3 aromatic heterocycles. The van der Waals surface area contributed by atoms with Gasteiger partial charge in [-0.15, -0.1) is 0 Å². The van der Waals surface area contributed by atoms with E-state index in [2.05, 4.69) is 60.6 Å². The molecular weight excluding hydrogens is 1010 g/mol. The molecule has 8 heterocycles. The molecule has 5 aliphatic rings. The summed E-state index contributed by atoms with van der Waals surface area (Å²) in [6.07, 6.45) is 12.5. The van der Waals surface area contributed by atoms with Crippen molar-refractivity contribution in [3.05, 3.63) is 89.3 Å². The Balaban J connectivity index is 0.711. The molecule has 6 aromatic rings. The highest BCUT2D eigenvalue weighted by atomic mass is 35.5. The van der Waals surface area contributed by atoms with E-state index in [4.69, 9.17) is 16.3 Å². The number of aromatic nitrogens is 6. The number of piperidine rings is 3. The smallest absolute Gasteiger partial charge is 0.262 e. The van der Waals surface area contributed by atoms with Gasteiger partial charge in [-0.05, 0) is 101 Å². The molecule has 0 bridgehead atoms. The maximum Gasteiger partial charge on any atom is 0.262 e. The van der Waals surface area contributed by atoms with Gasteiger partial charge in [0, 0.05) is 101 Å². The van der Waals surface area contributed by atoms with Crippen LogP contribution in [0.1, 0.15) is 59.2 Å². The maximum absolute atomic E-state index is 17.2. The van der Waals surface area contributed by atoms with Gasteiger partial charge in [-0.1, -0.05) is 11.6 Å².